The van der Waals surface area contributed by atoms with Crippen LogP contribution in [0.4, 0.5) is 5.69 Å². The number of benzene rings is 1. The van der Waals surface area contributed by atoms with Gasteiger partial charge in [-0.2, -0.15) is 0 Å². The minimum Gasteiger partial charge on any atom is -0.369 e. The van der Waals surface area contributed by atoms with Crippen LogP contribution < -0.4 is 0 Å². The van der Waals surface area contributed by atoms with E-state index in [1.54, 1.807) is 24.2 Å². The lowest BCUT2D eigenvalue weighted by Gasteiger charge is -2.05. The van der Waals surface area contributed by atoms with Crippen molar-refractivity contribution >= 4 is 31.8 Å². The lowest BCUT2D eigenvalue weighted by atomic mass is 10.2. The highest BCUT2D eigenvalue weighted by atomic mass is 35.7. The van der Waals surface area contributed by atoms with Crippen LogP contribution in [0.25, 0.3) is 0 Å². The molecule has 0 aromatic heterocycles. The van der Waals surface area contributed by atoms with Crippen LogP contribution >= 0.6 is 10.7 Å². The molecule has 0 aliphatic rings. The van der Waals surface area contributed by atoms with Crippen molar-refractivity contribution < 1.29 is 8.42 Å². The minimum absolute atomic E-state index is 0.0930. The summed E-state index contributed by atoms with van der Waals surface area (Å²) in [5.41, 5.74) is 1.48. The molecule has 88 valence electrons. The zero-order valence-electron chi connectivity index (χ0n) is 9.31. The first-order valence-corrected chi connectivity index (χ1v) is 6.87. The molecule has 0 saturated carbocycles. The van der Waals surface area contributed by atoms with Crippen molar-refractivity contribution in [1.29, 1.82) is 0 Å². The first-order valence-electron chi connectivity index (χ1n) is 4.56. The zero-order chi connectivity index (χ0) is 12.3. The standard InChI is InChI=1S/C10H13ClN2O2S/c1-8-6-9(16(11,14)15)4-5-10(8)12-7-13(2)3/h4-7H,1-3H3/b12-7+. The second-order valence-corrected chi connectivity index (χ2v) is 6.16. The lowest BCUT2D eigenvalue weighted by Crippen LogP contribution is -2.07. The number of nitrogens with zero attached hydrogens (tertiary/aromatic N) is 2. The molecule has 0 radical (unpaired) electrons. The van der Waals surface area contributed by atoms with Crippen molar-refractivity contribution in [2.75, 3.05) is 14.1 Å². The Bertz CT molecular complexity index is 510. The first kappa shape index (κ1) is 13.0. The topological polar surface area (TPSA) is 49.7 Å². The monoisotopic (exact) mass is 260 g/mol. The number of hydrogen-bond acceptors (Lipinski definition) is 3. The molecule has 0 saturated heterocycles. The second kappa shape index (κ2) is 4.84. The molecule has 0 amide bonds. The number of halogens is 1. The first-order chi connectivity index (χ1) is 7.30. The van der Waals surface area contributed by atoms with Gasteiger partial charge in [-0.15, -0.1) is 0 Å². The van der Waals surface area contributed by atoms with Gasteiger partial charge in [-0.1, -0.05) is 0 Å². The molecule has 4 nitrogen and oxygen atoms in total. The molecule has 1 aromatic rings. The smallest absolute Gasteiger partial charge is 0.261 e. The molecule has 0 N–H and O–H groups in total. The van der Waals surface area contributed by atoms with Crippen LogP contribution in [-0.4, -0.2) is 33.8 Å². The van der Waals surface area contributed by atoms with Gasteiger partial charge in [-0.05, 0) is 30.7 Å². The van der Waals surface area contributed by atoms with Crippen LogP contribution in [0.15, 0.2) is 28.1 Å². The Hall–Kier alpha value is -1.07. The fraction of sp³-hybridized carbons (Fsp3) is 0.300. The predicted octanol–water partition coefficient (Wildman–Crippen LogP) is 2.14. The van der Waals surface area contributed by atoms with Crippen molar-refractivity contribution in [1.82, 2.24) is 4.90 Å². The summed E-state index contributed by atoms with van der Waals surface area (Å²) < 4.78 is 22.2. The van der Waals surface area contributed by atoms with Gasteiger partial charge in [0.15, 0.2) is 0 Å². The van der Waals surface area contributed by atoms with Crippen LogP contribution in [0, 0.1) is 6.92 Å². The zero-order valence-corrected chi connectivity index (χ0v) is 10.9. The summed E-state index contributed by atoms with van der Waals surface area (Å²) in [5, 5.41) is 0. The summed E-state index contributed by atoms with van der Waals surface area (Å²) >= 11 is 0. The average Bonchev–Trinajstić information content (AvgIpc) is 2.14. The lowest BCUT2D eigenvalue weighted by molar-refractivity contribution is 0.609. The second-order valence-electron chi connectivity index (χ2n) is 3.59. The highest BCUT2D eigenvalue weighted by Gasteiger charge is 2.10. The van der Waals surface area contributed by atoms with Crippen LogP contribution in [0.2, 0.25) is 0 Å². The fourth-order valence-electron chi connectivity index (χ4n) is 1.10. The van der Waals surface area contributed by atoms with E-state index in [0.29, 0.717) is 0 Å². The van der Waals surface area contributed by atoms with Gasteiger partial charge in [0.1, 0.15) is 0 Å². The van der Waals surface area contributed by atoms with Crippen LogP contribution in [0.1, 0.15) is 5.56 Å². The summed E-state index contributed by atoms with van der Waals surface area (Å²) in [6.45, 7) is 1.79. The van der Waals surface area contributed by atoms with Crippen molar-refractivity contribution in [3.05, 3.63) is 23.8 Å². The molecule has 0 spiro atoms. The Morgan fingerprint density at radius 1 is 1.38 bits per heavy atom. The van der Waals surface area contributed by atoms with Gasteiger partial charge in [-0.3, -0.25) is 0 Å². The Morgan fingerprint density at radius 2 is 2.00 bits per heavy atom. The van der Waals surface area contributed by atoms with Gasteiger partial charge in [0.2, 0.25) is 0 Å². The number of rotatable bonds is 3. The van der Waals surface area contributed by atoms with E-state index in [1.807, 2.05) is 14.1 Å². The normalized spacial score (nSPS) is 12.0. The van der Waals surface area contributed by atoms with E-state index < -0.39 is 9.05 Å². The molecule has 0 bridgehead atoms. The number of hydrogen-bond donors (Lipinski definition) is 0. The summed E-state index contributed by atoms with van der Waals surface area (Å²) in [7, 11) is 5.29. The number of aliphatic imine (C=N–C) groups is 1. The molecule has 0 heterocycles. The summed E-state index contributed by atoms with van der Waals surface area (Å²) in [6.07, 6.45) is 1.65. The SMILES string of the molecule is Cc1cc(S(=O)(=O)Cl)ccc1/N=C/N(C)C. The summed E-state index contributed by atoms with van der Waals surface area (Å²) in [6, 6.07) is 4.58. The Kier molecular flexibility index (Phi) is 3.93. The molecule has 1 aromatic carbocycles. The maximum atomic E-state index is 11.1. The maximum Gasteiger partial charge on any atom is 0.261 e. The van der Waals surface area contributed by atoms with E-state index in [9.17, 15) is 8.42 Å². The van der Waals surface area contributed by atoms with Crippen molar-refractivity contribution in [3.8, 4) is 0 Å². The van der Waals surface area contributed by atoms with Crippen LogP contribution in [0.5, 0.6) is 0 Å². The molecule has 16 heavy (non-hydrogen) atoms. The van der Waals surface area contributed by atoms with E-state index in [0.717, 1.165) is 11.3 Å². The van der Waals surface area contributed by atoms with Gasteiger partial charge in [0, 0.05) is 24.8 Å². The molecule has 6 heteroatoms. The van der Waals surface area contributed by atoms with Crippen molar-refractivity contribution in [2.24, 2.45) is 4.99 Å². The Morgan fingerprint density at radius 3 is 2.44 bits per heavy atom. The molecule has 1 rings (SSSR count). The van der Waals surface area contributed by atoms with E-state index in [2.05, 4.69) is 4.99 Å². The Labute approximate surface area is 100.0 Å². The van der Waals surface area contributed by atoms with Gasteiger partial charge in [0.05, 0.1) is 16.9 Å². The largest absolute Gasteiger partial charge is 0.369 e. The van der Waals surface area contributed by atoms with Gasteiger partial charge >= 0.3 is 0 Å². The van der Waals surface area contributed by atoms with Gasteiger partial charge in [0.25, 0.3) is 9.05 Å². The van der Waals surface area contributed by atoms with Crippen LogP contribution in [-0.2, 0) is 9.05 Å². The molecule has 0 atom stereocenters. The van der Waals surface area contributed by atoms with Crippen LogP contribution in [0.3, 0.4) is 0 Å². The average molecular weight is 261 g/mol. The highest BCUT2D eigenvalue weighted by Crippen LogP contribution is 2.23. The maximum absolute atomic E-state index is 11.1. The number of aryl methyl sites for hydroxylation is 1. The molecule has 0 aliphatic carbocycles. The summed E-state index contributed by atoms with van der Waals surface area (Å²) in [5.74, 6) is 0. The molecule has 0 aliphatic heterocycles. The Balaban J connectivity index is 3.11. The minimum atomic E-state index is -3.66. The van der Waals surface area contributed by atoms with E-state index >= 15 is 0 Å². The summed E-state index contributed by atoms with van der Waals surface area (Å²) in [4.78, 5) is 6.08. The molecular weight excluding hydrogens is 248 g/mol. The molecule has 0 unspecified atom stereocenters. The predicted molar refractivity (Wildman–Crippen MR) is 66.1 cm³/mol. The van der Waals surface area contributed by atoms with E-state index in [4.69, 9.17) is 10.7 Å². The van der Waals surface area contributed by atoms with Crippen molar-refractivity contribution in [3.63, 3.8) is 0 Å². The molecule has 0 fully saturated rings. The third-order valence-electron chi connectivity index (χ3n) is 1.88. The third-order valence-corrected chi connectivity index (χ3v) is 3.23. The van der Waals surface area contributed by atoms with Gasteiger partial charge < -0.3 is 4.90 Å². The third kappa shape index (κ3) is 3.50. The van der Waals surface area contributed by atoms with E-state index in [1.165, 1.54) is 12.1 Å². The van der Waals surface area contributed by atoms with Gasteiger partial charge in [-0.25, -0.2) is 13.4 Å². The molecular formula is C10H13ClN2O2S. The fourth-order valence-corrected chi connectivity index (χ4v) is 1.94. The quantitative estimate of drug-likeness (QED) is 0.475. The highest BCUT2D eigenvalue weighted by molar-refractivity contribution is 8.13. The van der Waals surface area contributed by atoms with Crippen molar-refractivity contribution in [2.45, 2.75) is 11.8 Å². The van der Waals surface area contributed by atoms with E-state index in [-0.39, 0.29) is 4.90 Å².